The number of halogens is 2. The fourth-order valence-corrected chi connectivity index (χ4v) is 4.17. The van der Waals surface area contributed by atoms with Crippen LogP contribution in [0.2, 0.25) is 5.02 Å². The predicted octanol–water partition coefficient (Wildman–Crippen LogP) is 2.77. The summed E-state index contributed by atoms with van der Waals surface area (Å²) in [7, 11) is 0. The van der Waals surface area contributed by atoms with E-state index in [4.69, 9.17) is 16.6 Å². The fraction of sp³-hybridized carbons (Fsp3) is 0.619. The standard InChI is InChI=1S/C21H31ClN4O2.HI/c1-2-23-21(24-15-17-6-4-8-19(17)27)26-11-9-25(10-12-26)20(28)14-16-5-3-7-18(22)13-16;/h3,5,7,13,17,19,27H,2,4,6,8-12,14-15H2,1H3,(H,23,24);1H. The zero-order chi connectivity index (χ0) is 19.9. The Morgan fingerprint density at radius 3 is 2.59 bits per heavy atom. The molecule has 6 nitrogen and oxygen atoms in total. The first-order valence-corrected chi connectivity index (χ1v) is 10.7. The molecule has 2 N–H and O–H groups in total. The molecule has 0 radical (unpaired) electrons. The summed E-state index contributed by atoms with van der Waals surface area (Å²) in [5.74, 6) is 1.30. The molecule has 0 spiro atoms. The summed E-state index contributed by atoms with van der Waals surface area (Å²) >= 11 is 6.02. The van der Waals surface area contributed by atoms with Gasteiger partial charge in [0.05, 0.1) is 12.5 Å². The minimum Gasteiger partial charge on any atom is -0.393 e. The van der Waals surface area contributed by atoms with E-state index in [-0.39, 0.29) is 41.9 Å². The van der Waals surface area contributed by atoms with Gasteiger partial charge in [0, 0.05) is 50.2 Å². The third kappa shape index (κ3) is 7.00. The van der Waals surface area contributed by atoms with Crippen molar-refractivity contribution in [3.05, 3.63) is 34.9 Å². The molecule has 1 amide bonds. The molecular formula is C21H32ClIN4O2. The van der Waals surface area contributed by atoms with Gasteiger partial charge in [-0.1, -0.05) is 30.2 Å². The number of piperazine rings is 1. The van der Waals surface area contributed by atoms with E-state index in [1.807, 2.05) is 29.2 Å². The first-order valence-electron chi connectivity index (χ1n) is 10.3. The van der Waals surface area contributed by atoms with Crippen molar-refractivity contribution in [1.29, 1.82) is 0 Å². The molecule has 1 heterocycles. The molecule has 162 valence electrons. The number of amides is 1. The lowest BCUT2D eigenvalue weighted by Crippen LogP contribution is -2.54. The highest BCUT2D eigenvalue weighted by molar-refractivity contribution is 14.0. The van der Waals surface area contributed by atoms with Crippen molar-refractivity contribution in [2.24, 2.45) is 10.9 Å². The molecule has 1 aromatic carbocycles. The van der Waals surface area contributed by atoms with Crippen molar-refractivity contribution >= 4 is 47.4 Å². The van der Waals surface area contributed by atoms with Gasteiger partial charge in [-0.05, 0) is 37.5 Å². The molecular weight excluding hydrogens is 503 g/mol. The molecule has 2 atom stereocenters. The molecule has 2 aliphatic rings. The van der Waals surface area contributed by atoms with Crippen LogP contribution in [0, 0.1) is 5.92 Å². The molecule has 0 bridgehead atoms. The maximum absolute atomic E-state index is 12.6. The van der Waals surface area contributed by atoms with Crippen molar-refractivity contribution in [2.45, 2.75) is 38.7 Å². The van der Waals surface area contributed by atoms with Crippen LogP contribution in [0.5, 0.6) is 0 Å². The number of carbonyl (C=O) groups excluding carboxylic acids is 1. The molecule has 1 saturated heterocycles. The number of benzene rings is 1. The van der Waals surface area contributed by atoms with Crippen LogP contribution < -0.4 is 5.32 Å². The van der Waals surface area contributed by atoms with Gasteiger partial charge < -0.3 is 20.2 Å². The van der Waals surface area contributed by atoms with Gasteiger partial charge in [-0.3, -0.25) is 9.79 Å². The number of aliphatic hydroxyl groups is 1. The van der Waals surface area contributed by atoms with Gasteiger partial charge in [-0.15, -0.1) is 24.0 Å². The van der Waals surface area contributed by atoms with Crippen LogP contribution in [-0.2, 0) is 11.2 Å². The molecule has 8 heteroatoms. The molecule has 29 heavy (non-hydrogen) atoms. The van der Waals surface area contributed by atoms with Crippen molar-refractivity contribution in [3.63, 3.8) is 0 Å². The van der Waals surface area contributed by atoms with Crippen LogP contribution in [0.25, 0.3) is 0 Å². The summed E-state index contributed by atoms with van der Waals surface area (Å²) in [4.78, 5) is 21.5. The number of nitrogens with one attached hydrogen (secondary N) is 1. The summed E-state index contributed by atoms with van der Waals surface area (Å²) in [6.07, 6.45) is 3.20. The van der Waals surface area contributed by atoms with Crippen LogP contribution in [0.4, 0.5) is 0 Å². The van der Waals surface area contributed by atoms with Gasteiger partial charge in [0.2, 0.25) is 5.91 Å². The van der Waals surface area contributed by atoms with E-state index in [1.54, 1.807) is 0 Å². The molecule has 2 unspecified atom stereocenters. The van der Waals surface area contributed by atoms with Crippen molar-refractivity contribution in [2.75, 3.05) is 39.3 Å². The number of aliphatic imine (C=N–C) groups is 1. The van der Waals surface area contributed by atoms with Gasteiger partial charge in [0.25, 0.3) is 0 Å². The number of guanidine groups is 1. The lowest BCUT2D eigenvalue weighted by Gasteiger charge is -2.36. The molecule has 3 rings (SSSR count). The Morgan fingerprint density at radius 2 is 1.97 bits per heavy atom. The van der Waals surface area contributed by atoms with Crippen molar-refractivity contribution < 1.29 is 9.90 Å². The Bertz CT molecular complexity index is 695. The molecule has 2 fully saturated rings. The summed E-state index contributed by atoms with van der Waals surface area (Å²) < 4.78 is 0. The van der Waals surface area contributed by atoms with Crippen LogP contribution in [0.1, 0.15) is 31.7 Å². The van der Waals surface area contributed by atoms with E-state index in [0.29, 0.717) is 31.1 Å². The van der Waals surface area contributed by atoms with Crippen LogP contribution >= 0.6 is 35.6 Å². The maximum atomic E-state index is 12.6. The van der Waals surface area contributed by atoms with Gasteiger partial charge >= 0.3 is 0 Å². The summed E-state index contributed by atoms with van der Waals surface area (Å²) in [5, 5.41) is 14.0. The number of hydrogen-bond donors (Lipinski definition) is 2. The highest BCUT2D eigenvalue weighted by Crippen LogP contribution is 2.25. The molecule has 1 aliphatic heterocycles. The fourth-order valence-electron chi connectivity index (χ4n) is 3.96. The predicted molar refractivity (Wildman–Crippen MR) is 128 cm³/mol. The van der Waals surface area contributed by atoms with Gasteiger partial charge in [-0.25, -0.2) is 0 Å². The Morgan fingerprint density at radius 1 is 1.24 bits per heavy atom. The normalized spacial score (nSPS) is 22.4. The van der Waals surface area contributed by atoms with E-state index in [2.05, 4.69) is 17.1 Å². The van der Waals surface area contributed by atoms with E-state index < -0.39 is 0 Å². The summed E-state index contributed by atoms with van der Waals surface area (Å²) in [6.45, 7) is 6.44. The molecule has 0 aromatic heterocycles. The minimum atomic E-state index is -0.215. The second-order valence-electron chi connectivity index (χ2n) is 7.63. The molecule has 1 aromatic rings. The smallest absolute Gasteiger partial charge is 0.227 e. The molecule has 1 aliphatic carbocycles. The minimum absolute atomic E-state index is 0. The lowest BCUT2D eigenvalue weighted by atomic mass is 10.1. The lowest BCUT2D eigenvalue weighted by molar-refractivity contribution is -0.131. The zero-order valence-corrected chi connectivity index (χ0v) is 20.1. The van der Waals surface area contributed by atoms with E-state index in [1.165, 1.54) is 0 Å². The quantitative estimate of drug-likeness (QED) is 0.346. The number of nitrogens with zero attached hydrogens (tertiary/aromatic N) is 3. The summed E-state index contributed by atoms with van der Waals surface area (Å²) in [6, 6.07) is 7.49. The Hall–Kier alpha value is -1.06. The molecule has 1 saturated carbocycles. The topological polar surface area (TPSA) is 68.2 Å². The largest absolute Gasteiger partial charge is 0.393 e. The first-order chi connectivity index (χ1) is 13.6. The Kier molecular flexibility index (Phi) is 9.98. The van der Waals surface area contributed by atoms with E-state index >= 15 is 0 Å². The second-order valence-corrected chi connectivity index (χ2v) is 8.06. The van der Waals surface area contributed by atoms with Crippen LogP contribution in [-0.4, -0.2) is 72.1 Å². The third-order valence-corrected chi connectivity index (χ3v) is 5.84. The first kappa shape index (κ1) is 24.2. The highest BCUT2D eigenvalue weighted by Gasteiger charge is 2.26. The summed E-state index contributed by atoms with van der Waals surface area (Å²) in [5.41, 5.74) is 0.949. The van der Waals surface area contributed by atoms with Crippen molar-refractivity contribution in [1.82, 2.24) is 15.1 Å². The van der Waals surface area contributed by atoms with Crippen molar-refractivity contribution in [3.8, 4) is 0 Å². The number of carbonyl (C=O) groups is 1. The second kappa shape index (κ2) is 12.0. The van der Waals surface area contributed by atoms with Crippen LogP contribution in [0.3, 0.4) is 0 Å². The number of aliphatic hydroxyl groups excluding tert-OH is 1. The Labute approximate surface area is 195 Å². The zero-order valence-electron chi connectivity index (χ0n) is 17.0. The monoisotopic (exact) mass is 534 g/mol. The average Bonchev–Trinajstić information content (AvgIpc) is 3.10. The highest BCUT2D eigenvalue weighted by atomic mass is 127. The third-order valence-electron chi connectivity index (χ3n) is 5.61. The van der Waals surface area contributed by atoms with Gasteiger partial charge in [0.1, 0.15) is 0 Å². The van der Waals surface area contributed by atoms with E-state index in [0.717, 1.165) is 50.4 Å². The number of hydrogen-bond acceptors (Lipinski definition) is 3. The Balaban J connectivity index is 0.00000300. The number of rotatable bonds is 5. The van der Waals surface area contributed by atoms with Gasteiger partial charge in [0.15, 0.2) is 5.96 Å². The van der Waals surface area contributed by atoms with E-state index in [9.17, 15) is 9.90 Å². The van der Waals surface area contributed by atoms with Crippen LogP contribution in [0.15, 0.2) is 29.3 Å². The average molecular weight is 535 g/mol. The maximum Gasteiger partial charge on any atom is 0.227 e. The van der Waals surface area contributed by atoms with Gasteiger partial charge in [-0.2, -0.15) is 0 Å². The SMILES string of the molecule is CCNC(=NCC1CCCC1O)N1CCN(C(=O)Cc2cccc(Cl)c2)CC1.I.